The Bertz CT molecular complexity index is 802. The molecule has 6 heteroatoms. The number of benzene rings is 1. The van der Waals surface area contributed by atoms with E-state index in [2.05, 4.69) is 4.98 Å². The Morgan fingerprint density at radius 3 is 2.82 bits per heavy atom. The Morgan fingerprint density at radius 2 is 2.14 bits per heavy atom. The van der Waals surface area contributed by atoms with Crippen LogP contribution in [0.2, 0.25) is 0 Å². The van der Waals surface area contributed by atoms with E-state index in [0.717, 1.165) is 5.52 Å². The lowest BCUT2D eigenvalue weighted by Gasteiger charge is -2.33. The molecule has 2 aromatic rings. The van der Waals surface area contributed by atoms with Crippen molar-refractivity contribution in [1.82, 2.24) is 9.55 Å². The van der Waals surface area contributed by atoms with Gasteiger partial charge in [-0.15, -0.1) is 0 Å². The van der Waals surface area contributed by atoms with Gasteiger partial charge in [-0.1, -0.05) is 12.1 Å². The van der Waals surface area contributed by atoms with Crippen LogP contribution in [0.1, 0.15) is 19.8 Å². The van der Waals surface area contributed by atoms with Gasteiger partial charge in [0.25, 0.3) is 11.5 Å². The van der Waals surface area contributed by atoms with Crippen molar-refractivity contribution in [3.63, 3.8) is 0 Å². The molecule has 4 rings (SSSR count). The fraction of sp³-hybridized carbons (Fsp3) is 0.500. The number of halogens is 2. The van der Waals surface area contributed by atoms with Crippen LogP contribution in [0.25, 0.3) is 11.0 Å². The third-order valence-corrected chi connectivity index (χ3v) is 4.86. The number of alkyl halides is 2. The van der Waals surface area contributed by atoms with Gasteiger partial charge in [-0.05, 0) is 31.4 Å². The zero-order chi connectivity index (χ0) is 15.5. The van der Waals surface area contributed by atoms with Crippen molar-refractivity contribution < 1.29 is 8.78 Å². The summed E-state index contributed by atoms with van der Waals surface area (Å²) in [7, 11) is 0. The molecule has 1 saturated heterocycles. The Hall–Kier alpha value is -1.98. The molecule has 2 bridgehead atoms. The highest BCUT2D eigenvalue weighted by Crippen LogP contribution is 2.48. The standard InChI is InChI=1S/C16H17F2N3O/c1-2-20-12-6-4-3-5-11(12)19-14(15(20)22)21-9-10-7-13(21)16(17,18)8-10/h3-6,10,13H,2,7-9H2,1H3/t10-,13-/m0/s1. The van der Waals surface area contributed by atoms with Crippen LogP contribution in [0, 0.1) is 5.92 Å². The molecule has 1 saturated carbocycles. The van der Waals surface area contributed by atoms with E-state index in [1.165, 1.54) is 4.90 Å². The second kappa shape index (κ2) is 4.51. The summed E-state index contributed by atoms with van der Waals surface area (Å²) < 4.78 is 29.7. The van der Waals surface area contributed by atoms with Crippen molar-refractivity contribution in [3.8, 4) is 0 Å². The van der Waals surface area contributed by atoms with Crippen molar-refractivity contribution in [1.29, 1.82) is 0 Å². The molecule has 1 aliphatic carbocycles. The van der Waals surface area contributed by atoms with Crippen LogP contribution < -0.4 is 10.5 Å². The minimum Gasteiger partial charge on any atom is -0.343 e. The number of para-hydroxylation sites is 2. The van der Waals surface area contributed by atoms with E-state index >= 15 is 0 Å². The maximum atomic E-state index is 14.0. The largest absolute Gasteiger partial charge is 0.343 e. The minimum absolute atomic E-state index is 0.0391. The highest BCUT2D eigenvalue weighted by molar-refractivity contribution is 5.76. The van der Waals surface area contributed by atoms with Crippen LogP contribution in [0.5, 0.6) is 0 Å². The first-order valence-corrected chi connectivity index (χ1v) is 7.65. The predicted molar refractivity (Wildman–Crippen MR) is 80.5 cm³/mol. The van der Waals surface area contributed by atoms with E-state index < -0.39 is 12.0 Å². The van der Waals surface area contributed by atoms with Gasteiger partial charge in [0, 0.05) is 19.5 Å². The number of fused-ring (bicyclic) bond motifs is 3. The number of anilines is 1. The second-order valence-electron chi connectivity index (χ2n) is 6.21. The molecule has 2 fully saturated rings. The van der Waals surface area contributed by atoms with Crippen molar-refractivity contribution in [2.24, 2.45) is 5.92 Å². The topological polar surface area (TPSA) is 38.1 Å². The van der Waals surface area contributed by atoms with Crippen LogP contribution >= 0.6 is 0 Å². The van der Waals surface area contributed by atoms with E-state index in [-0.39, 0.29) is 23.7 Å². The predicted octanol–water partition coefficient (Wildman–Crippen LogP) is 2.65. The molecule has 1 aromatic carbocycles. The third kappa shape index (κ3) is 1.79. The summed E-state index contributed by atoms with van der Waals surface area (Å²) in [5, 5.41) is 0. The highest BCUT2D eigenvalue weighted by atomic mass is 19.3. The van der Waals surface area contributed by atoms with Gasteiger partial charge in [0.2, 0.25) is 0 Å². The first-order chi connectivity index (χ1) is 10.5. The molecule has 0 amide bonds. The SMILES string of the molecule is CCn1c(=O)c(N2C[C@H]3C[C@H]2C(F)(F)C3)nc2ccccc21. The van der Waals surface area contributed by atoms with Gasteiger partial charge in [0.15, 0.2) is 5.82 Å². The zero-order valence-corrected chi connectivity index (χ0v) is 12.3. The molecule has 2 aliphatic rings. The summed E-state index contributed by atoms with van der Waals surface area (Å²) in [5.41, 5.74) is 1.14. The minimum atomic E-state index is -2.72. The first-order valence-electron chi connectivity index (χ1n) is 7.65. The second-order valence-corrected chi connectivity index (χ2v) is 6.21. The lowest BCUT2D eigenvalue weighted by molar-refractivity contribution is -0.0207. The lowest BCUT2D eigenvalue weighted by atomic mass is 10.1. The average molecular weight is 305 g/mol. The van der Waals surface area contributed by atoms with Crippen LogP contribution in [-0.2, 0) is 6.54 Å². The Labute approximate surface area is 126 Å². The molecule has 1 aliphatic heterocycles. The zero-order valence-electron chi connectivity index (χ0n) is 12.3. The van der Waals surface area contributed by atoms with Crippen LogP contribution in [-0.4, -0.2) is 28.1 Å². The van der Waals surface area contributed by atoms with Gasteiger partial charge >= 0.3 is 0 Å². The molecule has 0 radical (unpaired) electrons. The number of hydrogen-bond acceptors (Lipinski definition) is 3. The molecule has 2 atom stereocenters. The van der Waals surface area contributed by atoms with E-state index in [1.54, 1.807) is 4.57 Å². The van der Waals surface area contributed by atoms with Gasteiger partial charge in [0.1, 0.15) is 0 Å². The monoisotopic (exact) mass is 305 g/mol. The number of rotatable bonds is 2. The van der Waals surface area contributed by atoms with Crippen molar-refractivity contribution in [2.75, 3.05) is 11.4 Å². The van der Waals surface area contributed by atoms with Crippen LogP contribution in [0.3, 0.4) is 0 Å². The molecule has 1 aromatic heterocycles. The summed E-state index contributed by atoms with van der Waals surface area (Å²) in [6.07, 6.45) is 0.386. The molecule has 0 N–H and O–H groups in total. The van der Waals surface area contributed by atoms with Gasteiger partial charge in [0.05, 0.1) is 17.1 Å². The fourth-order valence-electron chi connectivity index (χ4n) is 3.91. The molecule has 0 spiro atoms. The number of aromatic nitrogens is 2. The average Bonchev–Trinajstić information content (AvgIpc) is 3.02. The van der Waals surface area contributed by atoms with E-state index in [0.29, 0.717) is 25.0 Å². The summed E-state index contributed by atoms with van der Waals surface area (Å²) in [6.45, 7) is 2.88. The number of nitrogens with zero attached hydrogens (tertiary/aromatic N) is 3. The van der Waals surface area contributed by atoms with Crippen molar-refractivity contribution in [2.45, 2.75) is 38.3 Å². The van der Waals surface area contributed by atoms with Crippen molar-refractivity contribution in [3.05, 3.63) is 34.6 Å². The van der Waals surface area contributed by atoms with Gasteiger partial charge in [-0.2, -0.15) is 0 Å². The number of aryl methyl sites for hydroxylation is 1. The van der Waals surface area contributed by atoms with Crippen molar-refractivity contribution >= 4 is 16.9 Å². The smallest absolute Gasteiger partial charge is 0.294 e. The molecule has 0 unspecified atom stereocenters. The van der Waals surface area contributed by atoms with Crippen LogP contribution in [0.15, 0.2) is 29.1 Å². The summed E-state index contributed by atoms with van der Waals surface area (Å²) >= 11 is 0. The maximum absolute atomic E-state index is 14.0. The Kier molecular flexibility index (Phi) is 2.80. The van der Waals surface area contributed by atoms with E-state index in [9.17, 15) is 13.6 Å². The van der Waals surface area contributed by atoms with Gasteiger partial charge in [-0.25, -0.2) is 13.8 Å². The third-order valence-electron chi connectivity index (χ3n) is 4.86. The fourth-order valence-corrected chi connectivity index (χ4v) is 3.91. The highest BCUT2D eigenvalue weighted by Gasteiger charge is 2.57. The van der Waals surface area contributed by atoms with E-state index in [1.807, 2.05) is 31.2 Å². The van der Waals surface area contributed by atoms with E-state index in [4.69, 9.17) is 0 Å². The van der Waals surface area contributed by atoms with Gasteiger partial charge < -0.3 is 9.47 Å². The molecule has 2 heterocycles. The molecular weight excluding hydrogens is 288 g/mol. The lowest BCUT2D eigenvalue weighted by Crippen LogP contribution is -2.48. The van der Waals surface area contributed by atoms with Crippen LogP contribution in [0.4, 0.5) is 14.6 Å². The normalized spacial score (nSPS) is 26.0. The Morgan fingerprint density at radius 1 is 1.36 bits per heavy atom. The maximum Gasteiger partial charge on any atom is 0.294 e. The number of hydrogen-bond donors (Lipinski definition) is 0. The summed E-state index contributed by atoms with van der Waals surface area (Å²) in [5.74, 6) is -2.59. The van der Waals surface area contributed by atoms with Gasteiger partial charge in [-0.3, -0.25) is 4.79 Å². The quantitative estimate of drug-likeness (QED) is 0.856. The molecule has 22 heavy (non-hydrogen) atoms. The molecule has 4 nitrogen and oxygen atoms in total. The summed E-state index contributed by atoms with van der Waals surface area (Å²) in [4.78, 5) is 18.6. The molecular formula is C16H17F2N3O. The number of piperidine rings is 1. The summed E-state index contributed by atoms with van der Waals surface area (Å²) in [6, 6.07) is 6.46. The first kappa shape index (κ1) is 13.7. The Balaban J connectivity index is 1.90. The molecule has 116 valence electrons.